The number of hydrogen-bond acceptors (Lipinski definition) is 4. The molecule has 1 saturated heterocycles. The zero-order valence-electron chi connectivity index (χ0n) is 13.2. The minimum absolute atomic E-state index is 0.0196. The maximum Gasteiger partial charge on any atom is 0.270 e. The average molecular weight is 417 g/mol. The molecule has 0 saturated carbocycles. The zero-order valence-corrected chi connectivity index (χ0v) is 15.6. The van der Waals surface area contributed by atoms with Crippen molar-refractivity contribution >= 4 is 56.8 Å². The normalized spacial score (nSPS) is 16.2. The summed E-state index contributed by atoms with van der Waals surface area (Å²) >= 11 is 8.54. The lowest BCUT2D eigenvalue weighted by Gasteiger charge is -2.28. The van der Waals surface area contributed by atoms with Crippen molar-refractivity contribution in [2.75, 3.05) is 12.0 Å². The van der Waals surface area contributed by atoms with Crippen LogP contribution < -0.4 is 15.0 Å². The Morgan fingerprint density at radius 2 is 1.88 bits per heavy atom. The van der Waals surface area contributed by atoms with Crippen LogP contribution in [-0.4, -0.2) is 24.0 Å². The molecule has 25 heavy (non-hydrogen) atoms. The third-order valence-electron chi connectivity index (χ3n) is 3.61. The second-order valence-corrected chi connectivity index (χ2v) is 6.48. The van der Waals surface area contributed by atoms with E-state index in [4.69, 9.17) is 17.0 Å². The predicted octanol–water partition coefficient (Wildman–Crippen LogP) is 3.29. The third kappa shape index (κ3) is 3.47. The number of ether oxygens (including phenoxy) is 1. The molecule has 1 aliphatic rings. The SMILES string of the molecule is COc1ccc(Br)cc1/C=C1/C(=O)NC(=S)N(c2ccccc2)C1=O. The monoisotopic (exact) mass is 416 g/mol. The van der Waals surface area contributed by atoms with Gasteiger partial charge in [-0.1, -0.05) is 34.1 Å². The van der Waals surface area contributed by atoms with Crippen LogP contribution in [0, 0.1) is 0 Å². The minimum Gasteiger partial charge on any atom is -0.496 e. The number of para-hydroxylation sites is 1. The van der Waals surface area contributed by atoms with Gasteiger partial charge in [-0.2, -0.15) is 0 Å². The first-order valence-electron chi connectivity index (χ1n) is 7.31. The Balaban J connectivity index is 2.07. The smallest absolute Gasteiger partial charge is 0.270 e. The Morgan fingerprint density at radius 3 is 2.56 bits per heavy atom. The largest absolute Gasteiger partial charge is 0.496 e. The topological polar surface area (TPSA) is 58.6 Å². The number of amides is 2. The second-order valence-electron chi connectivity index (χ2n) is 5.18. The van der Waals surface area contributed by atoms with Gasteiger partial charge >= 0.3 is 0 Å². The summed E-state index contributed by atoms with van der Waals surface area (Å²) in [5.74, 6) is -0.470. The molecule has 0 atom stereocenters. The van der Waals surface area contributed by atoms with E-state index in [9.17, 15) is 9.59 Å². The van der Waals surface area contributed by atoms with Gasteiger partial charge in [-0.25, -0.2) is 0 Å². The van der Waals surface area contributed by atoms with Gasteiger partial charge in [-0.05, 0) is 48.6 Å². The number of nitrogens with zero attached hydrogens (tertiary/aromatic N) is 1. The summed E-state index contributed by atoms with van der Waals surface area (Å²) in [5, 5.41) is 2.61. The number of methoxy groups -OCH3 is 1. The van der Waals surface area contributed by atoms with Crippen molar-refractivity contribution in [3.8, 4) is 5.75 Å². The van der Waals surface area contributed by atoms with Crippen LogP contribution in [0.25, 0.3) is 6.08 Å². The molecule has 1 fully saturated rings. The van der Waals surface area contributed by atoms with E-state index in [1.807, 2.05) is 12.1 Å². The summed E-state index contributed by atoms with van der Waals surface area (Å²) in [4.78, 5) is 26.5. The summed E-state index contributed by atoms with van der Waals surface area (Å²) in [5.41, 5.74) is 1.18. The molecule has 1 aliphatic heterocycles. The van der Waals surface area contributed by atoms with Crippen LogP contribution in [0.3, 0.4) is 0 Å². The Kier molecular flexibility index (Phi) is 4.96. The van der Waals surface area contributed by atoms with Crippen molar-refractivity contribution in [3.05, 3.63) is 64.1 Å². The van der Waals surface area contributed by atoms with E-state index in [0.717, 1.165) is 4.47 Å². The summed E-state index contributed by atoms with van der Waals surface area (Å²) in [6.07, 6.45) is 1.50. The molecule has 0 spiro atoms. The highest BCUT2D eigenvalue weighted by molar-refractivity contribution is 9.10. The highest BCUT2D eigenvalue weighted by Gasteiger charge is 2.34. The Bertz CT molecular complexity index is 896. The summed E-state index contributed by atoms with van der Waals surface area (Å²) in [7, 11) is 1.53. The molecule has 0 aromatic heterocycles. The maximum absolute atomic E-state index is 12.9. The number of benzene rings is 2. The molecular weight excluding hydrogens is 404 g/mol. The van der Waals surface area contributed by atoms with Gasteiger partial charge in [0.1, 0.15) is 11.3 Å². The minimum atomic E-state index is -0.538. The lowest BCUT2D eigenvalue weighted by atomic mass is 10.1. The number of carbonyl (C=O) groups is 2. The average Bonchev–Trinajstić information content (AvgIpc) is 2.59. The molecule has 1 N–H and O–H groups in total. The second kappa shape index (κ2) is 7.16. The third-order valence-corrected chi connectivity index (χ3v) is 4.39. The molecule has 2 aromatic rings. The van der Waals surface area contributed by atoms with E-state index < -0.39 is 11.8 Å². The van der Waals surface area contributed by atoms with Crippen LogP contribution in [0.15, 0.2) is 58.6 Å². The lowest BCUT2D eigenvalue weighted by molar-refractivity contribution is -0.122. The Morgan fingerprint density at radius 1 is 1.16 bits per heavy atom. The Hall–Kier alpha value is -2.51. The van der Waals surface area contributed by atoms with Crippen molar-refractivity contribution in [1.82, 2.24) is 5.32 Å². The van der Waals surface area contributed by atoms with Gasteiger partial charge < -0.3 is 4.74 Å². The van der Waals surface area contributed by atoms with Crippen LogP contribution >= 0.6 is 28.1 Å². The van der Waals surface area contributed by atoms with Crippen LogP contribution in [0.5, 0.6) is 5.75 Å². The van der Waals surface area contributed by atoms with Gasteiger partial charge in [0.05, 0.1) is 12.8 Å². The lowest BCUT2D eigenvalue weighted by Crippen LogP contribution is -2.54. The van der Waals surface area contributed by atoms with E-state index >= 15 is 0 Å². The van der Waals surface area contributed by atoms with Gasteiger partial charge in [0.15, 0.2) is 5.11 Å². The van der Waals surface area contributed by atoms with Crippen LogP contribution in [0.2, 0.25) is 0 Å². The van der Waals surface area contributed by atoms with Crippen LogP contribution in [-0.2, 0) is 9.59 Å². The molecule has 2 aromatic carbocycles. The van der Waals surface area contributed by atoms with E-state index in [1.54, 1.807) is 36.4 Å². The molecule has 1 heterocycles. The zero-order chi connectivity index (χ0) is 18.0. The molecule has 126 valence electrons. The van der Waals surface area contributed by atoms with E-state index in [1.165, 1.54) is 18.1 Å². The predicted molar refractivity (Wildman–Crippen MR) is 103 cm³/mol. The fourth-order valence-corrected chi connectivity index (χ4v) is 3.10. The van der Waals surface area contributed by atoms with Crippen molar-refractivity contribution in [2.45, 2.75) is 0 Å². The molecule has 2 amide bonds. The summed E-state index contributed by atoms with van der Waals surface area (Å²) in [6.45, 7) is 0. The van der Waals surface area contributed by atoms with Crippen molar-refractivity contribution < 1.29 is 14.3 Å². The number of rotatable bonds is 3. The van der Waals surface area contributed by atoms with Gasteiger partial charge in [-0.15, -0.1) is 0 Å². The number of nitrogens with one attached hydrogen (secondary N) is 1. The molecule has 0 radical (unpaired) electrons. The van der Waals surface area contributed by atoms with Gasteiger partial charge in [0, 0.05) is 10.0 Å². The van der Waals surface area contributed by atoms with Crippen molar-refractivity contribution in [2.24, 2.45) is 0 Å². The van der Waals surface area contributed by atoms with Crippen molar-refractivity contribution in [1.29, 1.82) is 0 Å². The van der Waals surface area contributed by atoms with Crippen LogP contribution in [0.4, 0.5) is 5.69 Å². The molecule has 3 rings (SSSR count). The number of hydrogen-bond donors (Lipinski definition) is 1. The first kappa shape index (κ1) is 17.3. The molecule has 0 bridgehead atoms. The number of thiocarbonyl (C=S) groups is 1. The number of anilines is 1. The standard InChI is InChI=1S/C18H13BrN2O3S/c1-24-15-8-7-12(19)9-11(15)10-14-16(22)20-18(25)21(17(14)23)13-5-3-2-4-6-13/h2-10H,1H3,(H,20,22,25)/b14-10-. The first-order chi connectivity index (χ1) is 12.0. The Labute approximate surface area is 158 Å². The molecule has 5 nitrogen and oxygen atoms in total. The van der Waals surface area contributed by atoms with Crippen molar-refractivity contribution in [3.63, 3.8) is 0 Å². The van der Waals surface area contributed by atoms with E-state index in [0.29, 0.717) is 17.0 Å². The quantitative estimate of drug-likeness (QED) is 0.473. The van der Waals surface area contributed by atoms with Gasteiger partial charge in [0.2, 0.25) is 0 Å². The number of carbonyl (C=O) groups excluding carboxylic acids is 2. The summed E-state index contributed by atoms with van der Waals surface area (Å²) in [6, 6.07) is 14.3. The fourth-order valence-electron chi connectivity index (χ4n) is 2.44. The van der Waals surface area contributed by atoms with Gasteiger partial charge in [0.25, 0.3) is 11.8 Å². The van der Waals surface area contributed by atoms with E-state index in [2.05, 4.69) is 21.2 Å². The first-order valence-corrected chi connectivity index (χ1v) is 8.51. The maximum atomic E-state index is 12.9. The highest BCUT2D eigenvalue weighted by Crippen LogP contribution is 2.27. The summed E-state index contributed by atoms with van der Waals surface area (Å²) < 4.78 is 6.10. The fraction of sp³-hybridized carbons (Fsp3) is 0.0556. The van der Waals surface area contributed by atoms with Crippen LogP contribution in [0.1, 0.15) is 5.56 Å². The van der Waals surface area contributed by atoms with E-state index in [-0.39, 0.29) is 10.7 Å². The molecular formula is C18H13BrN2O3S. The molecule has 7 heteroatoms. The highest BCUT2D eigenvalue weighted by atomic mass is 79.9. The number of halogens is 1. The van der Waals surface area contributed by atoms with Gasteiger partial charge in [-0.3, -0.25) is 19.8 Å². The molecule has 0 aliphatic carbocycles. The molecule has 0 unspecified atom stereocenters.